The lowest BCUT2D eigenvalue weighted by atomic mass is 9.73. The summed E-state index contributed by atoms with van der Waals surface area (Å²) in [5.41, 5.74) is 5.87. The van der Waals surface area contributed by atoms with Crippen LogP contribution in [0, 0.1) is 25.1 Å². The summed E-state index contributed by atoms with van der Waals surface area (Å²) in [6.07, 6.45) is 1.34. The number of piperidine rings is 1. The van der Waals surface area contributed by atoms with Crippen LogP contribution in [0.5, 0.6) is 11.5 Å². The molecule has 67 heavy (non-hydrogen) atoms. The molecule has 6 heterocycles. The normalized spacial score (nSPS) is 17.8. The van der Waals surface area contributed by atoms with E-state index >= 15 is 0 Å². The molecule has 0 saturated carbocycles. The van der Waals surface area contributed by atoms with E-state index in [1.165, 1.54) is 17.0 Å². The van der Waals surface area contributed by atoms with Crippen molar-refractivity contribution in [3.63, 3.8) is 0 Å². The first-order valence-corrected chi connectivity index (χ1v) is 22.9. The quantitative estimate of drug-likeness (QED) is 0.0935. The van der Waals surface area contributed by atoms with Crippen LogP contribution in [0.15, 0.2) is 66.7 Å². The Bertz CT molecular complexity index is 3060. The molecule has 346 valence electrons. The molecule has 4 aliphatic rings. The Balaban J connectivity index is 0.813. The summed E-state index contributed by atoms with van der Waals surface area (Å²) >= 11 is 7.06. The summed E-state index contributed by atoms with van der Waals surface area (Å²) in [7, 11) is 1.87. The number of carbonyl (C=O) groups excluding carboxylic acids is 4. The second kappa shape index (κ2) is 17.1. The lowest BCUT2D eigenvalue weighted by Crippen LogP contribution is -2.73. The standard InChI is InChI=1S/C50H49ClFN7O8/c1-28-43(29(2)55(3)54-28)44-37(51)15-14-34-33(9-6-20-66-39-10-4-7-30-21-31(52)12-13-32(30)39)46(49(64)65)58(45(34)44)19-18-56-24-50(25-56)26-57(27-50)42(61)23-67-40-11-5-8-35-36(40)22-59(48(35)63)38-16-17-41(60)53-47(38)62/h4-5,7-8,10-15,21,38H,6,9,16-20,22-27H2,1-3H3,(H,64,65)(H,53,60,62). The number of fused-ring (bicyclic) bond motifs is 3. The zero-order valence-corrected chi connectivity index (χ0v) is 38.1. The molecule has 15 nitrogen and oxygen atoms in total. The van der Waals surface area contributed by atoms with Crippen molar-refractivity contribution in [2.45, 2.75) is 58.7 Å². The SMILES string of the molecule is Cc1nn(C)c(C)c1-c1c(Cl)ccc2c(CCCOc3cccc4cc(F)ccc34)c(C(=O)O)n(CCN3CC4(C3)CN(C(=O)COc3cccc5c3CN(C3CCC(=O)NC3=O)C5=O)C4)c12. The number of carboxylic acids is 1. The summed E-state index contributed by atoms with van der Waals surface area (Å²) in [6, 6.07) is 18.1. The van der Waals surface area contributed by atoms with Gasteiger partial charge in [0, 0.05) is 96.9 Å². The minimum Gasteiger partial charge on any atom is -0.493 e. The van der Waals surface area contributed by atoms with Crippen LogP contribution in [0.2, 0.25) is 5.02 Å². The number of nitrogens with one attached hydrogen (secondary N) is 1. The van der Waals surface area contributed by atoms with E-state index in [1.807, 2.05) is 55.8 Å². The number of hydrogen-bond donors (Lipinski definition) is 2. The van der Waals surface area contributed by atoms with E-state index in [0.717, 1.165) is 57.3 Å². The molecule has 1 atom stereocenters. The summed E-state index contributed by atoms with van der Waals surface area (Å²) < 4.78 is 29.9. The van der Waals surface area contributed by atoms with Crippen molar-refractivity contribution in [1.82, 2.24) is 34.4 Å². The zero-order chi connectivity index (χ0) is 46.9. The number of ether oxygens (including phenoxy) is 2. The van der Waals surface area contributed by atoms with Crippen LogP contribution in [0.25, 0.3) is 32.8 Å². The minimum atomic E-state index is -1.04. The van der Waals surface area contributed by atoms with E-state index in [-0.39, 0.29) is 60.6 Å². The number of amides is 4. The molecule has 2 N–H and O–H groups in total. The summed E-state index contributed by atoms with van der Waals surface area (Å²) in [5, 5.41) is 20.7. The highest BCUT2D eigenvalue weighted by molar-refractivity contribution is 6.35. The highest BCUT2D eigenvalue weighted by atomic mass is 35.5. The zero-order valence-electron chi connectivity index (χ0n) is 37.4. The van der Waals surface area contributed by atoms with Crippen molar-refractivity contribution in [2.75, 3.05) is 45.9 Å². The van der Waals surface area contributed by atoms with E-state index in [0.29, 0.717) is 78.8 Å². The van der Waals surface area contributed by atoms with Crippen molar-refractivity contribution in [3.05, 3.63) is 111 Å². The number of carbonyl (C=O) groups is 5. The van der Waals surface area contributed by atoms with Gasteiger partial charge in [0.05, 0.1) is 29.4 Å². The number of rotatable bonds is 14. The van der Waals surface area contributed by atoms with Gasteiger partial charge in [-0.3, -0.25) is 29.2 Å². The number of carboxylic acid groups (broad SMARTS) is 1. The molecule has 4 aromatic carbocycles. The molecule has 10 rings (SSSR count). The molecular weight excluding hydrogens is 881 g/mol. The molecule has 4 aliphatic heterocycles. The predicted octanol–water partition coefficient (Wildman–Crippen LogP) is 6.30. The van der Waals surface area contributed by atoms with Gasteiger partial charge >= 0.3 is 5.97 Å². The average molecular weight is 930 g/mol. The fourth-order valence-electron chi connectivity index (χ4n) is 10.7. The largest absolute Gasteiger partial charge is 0.493 e. The van der Waals surface area contributed by atoms with Gasteiger partial charge in [0.1, 0.15) is 29.1 Å². The lowest BCUT2D eigenvalue weighted by Gasteiger charge is -2.60. The van der Waals surface area contributed by atoms with E-state index in [9.17, 15) is 33.5 Å². The van der Waals surface area contributed by atoms with Crippen LogP contribution in [-0.4, -0.2) is 116 Å². The first-order valence-electron chi connectivity index (χ1n) is 22.5. The van der Waals surface area contributed by atoms with Crippen molar-refractivity contribution in [3.8, 4) is 22.6 Å². The molecule has 6 aromatic rings. The van der Waals surface area contributed by atoms with Gasteiger partial charge in [0.15, 0.2) is 6.61 Å². The molecule has 0 bridgehead atoms. The van der Waals surface area contributed by atoms with Gasteiger partial charge in [0.2, 0.25) is 11.8 Å². The highest BCUT2D eigenvalue weighted by Gasteiger charge is 2.53. The Kier molecular flexibility index (Phi) is 11.3. The van der Waals surface area contributed by atoms with Crippen LogP contribution >= 0.6 is 11.6 Å². The molecule has 3 fully saturated rings. The van der Waals surface area contributed by atoms with Crippen molar-refractivity contribution in [1.29, 1.82) is 0 Å². The molecular formula is C50H49ClFN7O8. The molecule has 1 unspecified atom stereocenters. The number of aromatic nitrogens is 3. The van der Waals surface area contributed by atoms with Gasteiger partial charge < -0.3 is 33.8 Å². The first-order chi connectivity index (χ1) is 32.2. The molecule has 4 amide bonds. The smallest absolute Gasteiger partial charge is 0.352 e. The van der Waals surface area contributed by atoms with Crippen LogP contribution in [0.3, 0.4) is 0 Å². The number of halogens is 2. The molecule has 1 spiro atoms. The van der Waals surface area contributed by atoms with Gasteiger partial charge in [-0.05, 0) is 86.5 Å². The monoisotopic (exact) mass is 929 g/mol. The van der Waals surface area contributed by atoms with Gasteiger partial charge in [-0.1, -0.05) is 35.9 Å². The van der Waals surface area contributed by atoms with Gasteiger partial charge in [-0.15, -0.1) is 0 Å². The minimum absolute atomic E-state index is 0.0747. The topological polar surface area (TPSA) is 169 Å². The predicted molar refractivity (Wildman–Crippen MR) is 247 cm³/mol. The Hall–Kier alpha value is -6.78. The molecule has 17 heteroatoms. The highest BCUT2D eigenvalue weighted by Crippen LogP contribution is 2.44. The maximum atomic E-state index is 13.9. The fourth-order valence-corrected chi connectivity index (χ4v) is 11.0. The number of nitrogens with zero attached hydrogens (tertiary/aromatic N) is 6. The van der Waals surface area contributed by atoms with Crippen LogP contribution < -0.4 is 14.8 Å². The van der Waals surface area contributed by atoms with Gasteiger partial charge in [-0.2, -0.15) is 5.10 Å². The van der Waals surface area contributed by atoms with Crippen LogP contribution in [0.4, 0.5) is 4.39 Å². The Labute approximate surface area is 389 Å². The first kappa shape index (κ1) is 44.1. The lowest BCUT2D eigenvalue weighted by molar-refractivity contribution is -0.161. The fraction of sp³-hybridized carbons (Fsp3) is 0.360. The Morgan fingerprint density at radius 1 is 0.940 bits per heavy atom. The number of likely N-dealkylation sites (tertiary alicyclic amines) is 2. The number of benzene rings is 4. The molecule has 0 aliphatic carbocycles. The third kappa shape index (κ3) is 7.84. The molecule has 3 saturated heterocycles. The Morgan fingerprint density at radius 3 is 2.45 bits per heavy atom. The van der Waals surface area contributed by atoms with E-state index < -0.39 is 17.9 Å². The number of imide groups is 1. The third-order valence-electron chi connectivity index (χ3n) is 13.9. The van der Waals surface area contributed by atoms with Crippen molar-refractivity contribution in [2.24, 2.45) is 12.5 Å². The van der Waals surface area contributed by atoms with Crippen LogP contribution in [0.1, 0.15) is 62.6 Å². The number of aromatic carboxylic acids is 1. The van der Waals surface area contributed by atoms with Crippen molar-refractivity contribution < 1.29 is 42.9 Å². The maximum Gasteiger partial charge on any atom is 0.352 e. The van der Waals surface area contributed by atoms with E-state index in [1.54, 1.807) is 33.8 Å². The second-order valence-corrected chi connectivity index (χ2v) is 18.7. The maximum absolute atomic E-state index is 13.9. The summed E-state index contributed by atoms with van der Waals surface area (Å²) in [4.78, 5) is 69.8. The second-order valence-electron chi connectivity index (χ2n) is 18.3. The van der Waals surface area contributed by atoms with Gasteiger partial charge in [-0.25, -0.2) is 9.18 Å². The number of aryl methyl sites for hydroxylation is 3. The summed E-state index contributed by atoms with van der Waals surface area (Å²) in [5.74, 6) is -1.66. The van der Waals surface area contributed by atoms with Crippen LogP contribution in [-0.2, 0) is 40.9 Å². The van der Waals surface area contributed by atoms with E-state index in [4.69, 9.17) is 21.1 Å². The Morgan fingerprint density at radius 2 is 1.70 bits per heavy atom. The molecule has 0 radical (unpaired) electrons. The molecule has 2 aromatic heterocycles. The van der Waals surface area contributed by atoms with Crippen molar-refractivity contribution >= 4 is 62.9 Å². The average Bonchev–Trinajstić information content (AvgIpc) is 3.86. The number of hydrogen-bond acceptors (Lipinski definition) is 9. The third-order valence-corrected chi connectivity index (χ3v) is 14.2. The van der Waals surface area contributed by atoms with E-state index in [2.05, 4.69) is 15.3 Å². The summed E-state index contributed by atoms with van der Waals surface area (Å²) in [6.45, 7) is 7.70. The van der Waals surface area contributed by atoms with Gasteiger partial charge in [0.25, 0.3) is 11.8 Å².